The number of carbonyl (C=O) groups excluding carboxylic acids is 4. The molecular formula is C20H29N3O7. The number of hydrogen-bond donors (Lipinski definition) is 3. The third kappa shape index (κ3) is 10.9. The molecule has 166 valence electrons. The van der Waals surface area contributed by atoms with Gasteiger partial charge < -0.3 is 30.2 Å². The third-order valence-corrected chi connectivity index (χ3v) is 3.51. The Morgan fingerprint density at radius 1 is 1.00 bits per heavy atom. The van der Waals surface area contributed by atoms with Crippen LogP contribution in [0.3, 0.4) is 0 Å². The molecule has 0 bridgehead atoms. The molecule has 0 saturated carbocycles. The molecule has 3 N–H and O–H groups in total. The van der Waals surface area contributed by atoms with Crippen LogP contribution >= 0.6 is 0 Å². The smallest absolute Gasteiger partial charge is 0.408 e. The Bertz CT molecular complexity index is 717. The van der Waals surface area contributed by atoms with Crippen molar-refractivity contribution in [2.45, 2.75) is 45.4 Å². The summed E-state index contributed by atoms with van der Waals surface area (Å²) < 4.78 is 14.8. The summed E-state index contributed by atoms with van der Waals surface area (Å²) in [6.07, 6.45) is -1.49. The highest BCUT2D eigenvalue weighted by atomic mass is 16.6. The predicted octanol–water partition coefficient (Wildman–Crippen LogP) is 1.49. The van der Waals surface area contributed by atoms with E-state index in [-0.39, 0.29) is 26.1 Å². The topological polar surface area (TPSA) is 132 Å². The molecule has 0 aliphatic heterocycles. The van der Waals surface area contributed by atoms with Crippen LogP contribution in [0.25, 0.3) is 0 Å². The highest BCUT2D eigenvalue weighted by molar-refractivity contribution is 5.83. The van der Waals surface area contributed by atoms with E-state index in [1.807, 2.05) is 6.07 Å². The van der Waals surface area contributed by atoms with Crippen LogP contribution < -0.4 is 16.0 Å². The molecule has 10 nitrogen and oxygen atoms in total. The fourth-order valence-corrected chi connectivity index (χ4v) is 2.14. The normalized spacial score (nSPS) is 11.6. The maximum atomic E-state index is 11.9. The van der Waals surface area contributed by atoms with Crippen molar-refractivity contribution in [3.63, 3.8) is 0 Å². The van der Waals surface area contributed by atoms with Crippen LogP contribution in [-0.4, -0.2) is 55.9 Å². The molecule has 3 amide bonds. The molecule has 0 fully saturated rings. The van der Waals surface area contributed by atoms with Gasteiger partial charge in [-0.1, -0.05) is 30.3 Å². The van der Waals surface area contributed by atoms with Gasteiger partial charge in [-0.3, -0.25) is 4.79 Å². The summed E-state index contributed by atoms with van der Waals surface area (Å²) in [4.78, 5) is 47.2. The summed E-state index contributed by atoms with van der Waals surface area (Å²) in [7, 11) is 1.17. The Kier molecular flexibility index (Phi) is 10.1. The van der Waals surface area contributed by atoms with E-state index in [2.05, 4.69) is 20.7 Å². The minimum absolute atomic E-state index is 0.0310. The second-order valence-corrected chi connectivity index (χ2v) is 7.26. The molecule has 0 saturated heterocycles. The molecule has 0 aromatic heterocycles. The van der Waals surface area contributed by atoms with Gasteiger partial charge in [-0.2, -0.15) is 0 Å². The van der Waals surface area contributed by atoms with E-state index in [0.717, 1.165) is 5.56 Å². The number of carbonyl (C=O) groups is 4. The van der Waals surface area contributed by atoms with Crippen molar-refractivity contribution in [2.24, 2.45) is 0 Å². The summed E-state index contributed by atoms with van der Waals surface area (Å²) in [5.74, 6) is -1.17. The molecular weight excluding hydrogens is 394 g/mol. The van der Waals surface area contributed by atoms with Crippen LogP contribution in [0.1, 0.15) is 32.8 Å². The lowest BCUT2D eigenvalue weighted by atomic mass is 10.2. The van der Waals surface area contributed by atoms with Gasteiger partial charge in [-0.15, -0.1) is 0 Å². The molecule has 1 aromatic rings. The Hall–Kier alpha value is -3.30. The van der Waals surface area contributed by atoms with Crippen LogP contribution in [0.2, 0.25) is 0 Å². The van der Waals surface area contributed by atoms with E-state index in [1.54, 1.807) is 45.0 Å². The van der Waals surface area contributed by atoms with E-state index < -0.39 is 35.7 Å². The molecule has 30 heavy (non-hydrogen) atoms. The van der Waals surface area contributed by atoms with E-state index in [9.17, 15) is 19.2 Å². The highest BCUT2D eigenvalue weighted by Gasteiger charge is 2.23. The predicted molar refractivity (Wildman–Crippen MR) is 107 cm³/mol. The Morgan fingerprint density at radius 2 is 1.67 bits per heavy atom. The Morgan fingerprint density at radius 3 is 2.27 bits per heavy atom. The first-order valence-electron chi connectivity index (χ1n) is 9.39. The van der Waals surface area contributed by atoms with Crippen LogP contribution in [0.4, 0.5) is 9.59 Å². The first kappa shape index (κ1) is 24.7. The summed E-state index contributed by atoms with van der Waals surface area (Å²) in [6, 6.07) is 7.90. The average Bonchev–Trinajstić information content (AvgIpc) is 2.68. The molecule has 1 aromatic carbocycles. The fraction of sp³-hybridized carbons (Fsp3) is 0.500. The van der Waals surface area contributed by atoms with E-state index in [4.69, 9.17) is 9.47 Å². The molecule has 0 heterocycles. The van der Waals surface area contributed by atoms with Crippen molar-refractivity contribution in [1.82, 2.24) is 16.0 Å². The van der Waals surface area contributed by atoms with Crippen molar-refractivity contribution < 1.29 is 33.4 Å². The van der Waals surface area contributed by atoms with Gasteiger partial charge in [0.15, 0.2) is 0 Å². The molecule has 0 spiro atoms. The van der Waals surface area contributed by atoms with Gasteiger partial charge in [-0.05, 0) is 26.3 Å². The van der Waals surface area contributed by atoms with Crippen LogP contribution in [-0.2, 0) is 30.4 Å². The number of alkyl carbamates (subject to hydrolysis) is 2. The molecule has 0 unspecified atom stereocenters. The minimum Gasteiger partial charge on any atom is -0.467 e. The van der Waals surface area contributed by atoms with Gasteiger partial charge in [0.2, 0.25) is 5.91 Å². The second kappa shape index (κ2) is 12.3. The molecule has 0 aliphatic rings. The van der Waals surface area contributed by atoms with Crippen molar-refractivity contribution >= 4 is 24.1 Å². The minimum atomic E-state index is -1.12. The number of hydrogen-bond acceptors (Lipinski definition) is 7. The molecule has 1 rings (SSSR count). The van der Waals surface area contributed by atoms with Crippen molar-refractivity contribution in [3.05, 3.63) is 35.9 Å². The van der Waals surface area contributed by atoms with Crippen LogP contribution in [0, 0.1) is 0 Å². The maximum Gasteiger partial charge on any atom is 0.408 e. The van der Waals surface area contributed by atoms with Crippen molar-refractivity contribution in [2.75, 3.05) is 20.2 Å². The third-order valence-electron chi connectivity index (χ3n) is 3.51. The van der Waals surface area contributed by atoms with Gasteiger partial charge in [-0.25, -0.2) is 14.4 Å². The summed E-state index contributed by atoms with van der Waals surface area (Å²) >= 11 is 0. The Balaban J connectivity index is 2.39. The summed E-state index contributed by atoms with van der Waals surface area (Å²) in [5.41, 5.74) is 0.147. The summed E-state index contributed by atoms with van der Waals surface area (Å²) in [6.45, 7) is 5.07. The second-order valence-electron chi connectivity index (χ2n) is 7.26. The highest BCUT2D eigenvalue weighted by Crippen LogP contribution is 2.06. The van der Waals surface area contributed by atoms with Gasteiger partial charge in [0.05, 0.1) is 7.11 Å². The molecule has 1 atom stereocenters. The maximum absolute atomic E-state index is 11.9. The molecule has 10 heteroatoms. The van der Waals surface area contributed by atoms with Gasteiger partial charge in [0.1, 0.15) is 18.2 Å². The zero-order valence-corrected chi connectivity index (χ0v) is 17.7. The zero-order valence-electron chi connectivity index (χ0n) is 17.7. The quantitative estimate of drug-likeness (QED) is 0.405. The van der Waals surface area contributed by atoms with Crippen molar-refractivity contribution in [1.29, 1.82) is 0 Å². The lowest BCUT2D eigenvalue weighted by Crippen LogP contribution is -2.49. The van der Waals surface area contributed by atoms with Crippen molar-refractivity contribution in [3.8, 4) is 0 Å². The zero-order chi connectivity index (χ0) is 22.6. The number of nitrogens with one attached hydrogen (secondary N) is 3. The first-order chi connectivity index (χ1) is 14.1. The number of benzene rings is 1. The van der Waals surface area contributed by atoms with E-state index in [0.29, 0.717) is 0 Å². The van der Waals surface area contributed by atoms with Gasteiger partial charge >= 0.3 is 18.2 Å². The van der Waals surface area contributed by atoms with Gasteiger partial charge in [0, 0.05) is 19.5 Å². The fourth-order valence-electron chi connectivity index (χ4n) is 2.14. The number of rotatable bonds is 9. The first-order valence-corrected chi connectivity index (χ1v) is 9.39. The van der Waals surface area contributed by atoms with Crippen LogP contribution in [0.5, 0.6) is 0 Å². The Labute approximate surface area is 175 Å². The lowest BCUT2D eigenvalue weighted by molar-refractivity contribution is -0.143. The average molecular weight is 423 g/mol. The SMILES string of the molecule is COC(=O)[C@H](CNC(=O)CCNC(=O)OC(C)(C)C)NC(=O)OCc1ccccc1. The standard InChI is InChI=1S/C20H29N3O7/c1-20(2,3)30-18(26)21-11-10-16(24)22-12-15(17(25)28-4)23-19(27)29-13-14-8-6-5-7-9-14/h5-9,15H,10-13H2,1-4H3,(H,21,26)(H,22,24)(H,23,27)/t15-/m0/s1. The number of amides is 3. The van der Waals surface area contributed by atoms with Gasteiger partial charge in [0.25, 0.3) is 0 Å². The number of esters is 1. The molecule has 0 radical (unpaired) electrons. The number of methoxy groups -OCH3 is 1. The lowest BCUT2D eigenvalue weighted by Gasteiger charge is -2.19. The number of ether oxygens (including phenoxy) is 3. The molecule has 0 aliphatic carbocycles. The van der Waals surface area contributed by atoms with E-state index >= 15 is 0 Å². The van der Waals surface area contributed by atoms with Crippen LogP contribution in [0.15, 0.2) is 30.3 Å². The van der Waals surface area contributed by atoms with E-state index in [1.165, 1.54) is 7.11 Å². The monoisotopic (exact) mass is 423 g/mol. The largest absolute Gasteiger partial charge is 0.467 e. The summed E-state index contributed by atoms with van der Waals surface area (Å²) in [5, 5.41) is 7.30.